The molecule has 2 aliphatic rings. The van der Waals surface area contributed by atoms with Crippen LogP contribution in [0.3, 0.4) is 0 Å². The van der Waals surface area contributed by atoms with Gasteiger partial charge in [-0.2, -0.15) is 0 Å². The first-order valence-corrected chi connectivity index (χ1v) is 12.8. The third kappa shape index (κ3) is 6.42. The minimum atomic E-state index is -4.84. The minimum absolute atomic E-state index is 0.297. The summed E-state index contributed by atoms with van der Waals surface area (Å²) < 4.78 is 56.3. The zero-order valence-corrected chi connectivity index (χ0v) is 19.6. The fourth-order valence-corrected chi connectivity index (χ4v) is 6.37. The van der Waals surface area contributed by atoms with E-state index in [2.05, 4.69) is 11.7 Å². The molecule has 0 saturated heterocycles. The van der Waals surface area contributed by atoms with Gasteiger partial charge in [-0.05, 0) is 72.8 Å². The molecule has 1 nitrogen and oxygen atoms in total. The molecule has 0 bridgehead atoms. The van der Waals surface area contributed by atoms with Gasteiger partial charge < -0.3 is 4.74 Å². The first-order chi connectivity index (χ1) is 15.8. The van der Waals surface area contributed by atoms with Gasteiger partial charge in [0.1, 0.15) is 11.6 Å². The Morgan fingerprint density at radius 2 is 1.64 bits per heavy atom. The lowest BCUT2D eigenvalue weighted by atomic mass is 9.63. The number of rotatable bonds is 8. The Bertz CT molecular complexity index is 922. The smallest absolute Gasteiger partial charge is 0.405 e. The van der Waals surface area contributed by atoms with Crippen molar-refractivity contribution in [3.63, 3.8) is 0 Å². The molecule has 0 N–H and O–H groups in total. The van der Waals surface area contributed by atoms with E-state index in [1.54, 1.807) is 6.07 Å². The summed E-state index contributed by atoms with van der Waals surface area (Å²) >= 11 is 0. The molecular formula is C28H36F4O. The standard InChI is InChI=1S/C28H36F4O/c1-2-3-4-5-6-7-19-8-9-21-15-22(11-10-20(21)14-19)23-12-13-26-24(16-23)17-25(29)18-27(26)33-28(30,31)32/h12-13,16-22H,2-11,14-15H2,1H3. The van der Waals surface area contributed by atoms with E-state index in [9.17, 15) is 17.6 Å². The number of benzene rings is 2. The van der Waals surface area contributed by atoms with Crippen LogP contribution >= 0.6 is 0 Å². The van der Waals surface area contributed by atoms with Crippen molar-refractivity contribution in [3.8, 4) is 5.75 Å². The topological polar surface area (TPSA) is 9.23 Å². The molecule has 0 aliphatic heterocycles. The van der Waals surface area contributed by atoms with E-state index in [0.29, 0.717) is 16.7 Å². The molecule has 0 spiro atoms. The molecule has 4 atom stereocenters. The van der Waals surface area contributed by atoms with Crippen LogP contribution in [-0.2, 0) is 0 Å². The molecule has 2 saturated carbocycles. The fraction of sp³-hybridized carbons (Fsp3) is 0.643. The third-order valence-electron chi connectivity index (χ3n) is 8.04. The Hall–Kier alpha value is -1.78. The second-order valence-corrected chi connectivity index (χ2v) is 10.3. The lowest BCUT2D eigenvalue weighted by molar-refractivity contribution is -0.274. The summed E-state index contributed by atoms with van der Waals surface area (Å²) in [6.45, 7) is 2.26. The van der Waals surface area contributed by atoms with Gasteiger partial charge in [-0.1, -0.05) is 70.1 Å². The normalized spacial score (nSPS) is 25.7. The average Bonchev–Trinajstić information content (AvgIpc) is 2.77. The second-order valence-electron chi connectivity index (χ2n) is 10.3. The van der Waals surface area contributed by atoms with Gasteiger partial charge in [0.05, 0.1) is 0 Å². The van der Waals surface area contributed by atoms with E-state index in [1.165, 1.54) is 70.3 Å². The zero-order chi connectivity index (χ0) is 23.4. The number of fused-ring (bicyclic) bond motifs is 2. The van der Waals surface area contributed by atoms with Crippen molar-refractivity contribution in [3.05, 3.63) is 41.7 Å². The summed E-state index contributed by atoms with van der Waals surface area (Å²) in [5.74, 6) is 1.67. The fourth-order valence-electron chi connectivity index (χ4n) is 6.37. The summed E-state index contributed by atoms with van der Waals surface area (Å²) in [6.07, 6.45) is 10.8. The molecule has 33 heavy (non-hydrogen) atoms. The van der Waals surface area contributed by atoms with Crippen LogP contribution in [0.5, 0.6) is 5.75 Å². The largest absolute Gasteiger partial charge is 0.573 e. The molecule has 4 unspecified atom stereocenters. The van der Waals surface area contributed by atoms with E-state index in [1.807, 2.05) is 12.1 Å². The number of ether oxygens (including phenoxy) is 1. The molecule has 2 aromatic carbocycles. The van der Waals surface area contributed by atoms with E-state index in [4.69, 9.17) is 0 Å². The maximum absolute atomic E-state index is 14.0. The number of hydrogen-bond donors (Lipinski definition) is 0. The third-order valence-corrected chi connectivity index (χ3v) is 8.04. The van der Waals surface area contributed by atoms with Gasteiger partial charge in [-0.25, -0.2) is 4.39 Å². The highest BCUT2D eigenvalue weighted by atomic mass is 19.4. The van der Waals surface area contributed by atoms with Gasteiger partial charge >= 0.3 is 6.36 Å². The summed E-state index contributed by atoms with van der Waals surface area (Å²) in [6, 6.07) is 7.56. The monoisotopic (exact) mass is 464 g/mol. The van der Waals surface area contributed by atoms with Crippen molar-refractivity contribution < 1.29 is 22.3 Å². The molecule has 0 amide bonds. The summed E-state index contributed by atoms with van der Waals surface area (Å²) in [5.41, 5.74) is 1.11. The lowest BCUT2D eigenvalue weighted by Gasteiger charge is -2.42. The first kappa shape index (κ1) is 24.3. The number of halogens is 4. The first-order valence-electron chi connectivity index (χ1n) is 12.8. The molecule has 4 rings (SSSR count). The van der Waals surface area contributed by atoms with Crippen molar-refractivity contribution >= 4 is 10.8 Å². The Morgan fingerprint density at radius 3 is 2.42 bits per heavy atom. The highest BCUT2D eigenvalue weighted by Gasteiger charge is 2.36. The van der Waals surface area contributed by atoms with Gasteiger partial charge in [0.25, 0.3) is 0 Å². The maximum Gasteiger partial charge on any atom is 0.573 e. The van der Waals surface area contributed by atoms with Crippen molar-refractivity contribution in [2.24, 2.45) is 17.8 Å². The van der Waals surface area contributed by atoms with E-state index in [-0.39, 0.29) is 0 Å². The van der Waals surface area contributed by atoms with Crippen molar-refractivity contribution in [2.75, 3.05) is 0 Å². The van der Waals surface area contributed by atoms with Crippen molar-refractivity contribution in [1.29, 1.82) is 0 Å². The Kier molecular flexibility index (Phi) is 7.86. The van der Waals surface area contributed by atoms with Crippen LogP contribution in [0.1, 0.15) is 95.5 Å². The van der Waals surface area contributed by atoms with Gasteiger partial charge in [0, 0.05) is 11.5 Å². The van der Waals surface area contributed by atoms with Crippen LogP contribution in [-0.4, -0.2) is 6.36 Å². The van der Waals surface area contributed by atoms with Crippen molar-refractivity contribution in [1.82, 2.24) is 0 Å². The lowest BCUT2D eigenvalue weighted by Crippen LogP contribution is -2.30. The van der Waals surface area contributed by atoms with Crippen LogP contribution < -0.4 is 4.74 Å². The average molecular weight is 465 g/mol. The molecule has 2 aromatic rings. The zero-order valence-electron chi connectivity index (χ0n) is 19.6. The molecule has 2 fully saturated rings. The van der Waals surface area contributed by atoms with Crippen LogP contribution in [0.25, 0.3) is 10.8 Å². The van der Waals surface area contributed by atoms with Crippen LogP contribution in [0.4, 0.5) is 17.6 Å². The summed E-state index contributed by atoms with van der Waals surface area (Å²) in [4.78, 5) is 0. The predicted octanol–water partition coefficient (Wildman–Crippen LogP) is 9.54. The molecule has 0 radical (unpaired) electrons. The Balaban J connectivity index is 1.38. The number of unbranched alkanes of at least 4 members (excludes halogenated alkanes) is 4. The van der Waals surface area contributed by atoms with Crippen LogP contribution in [0, 0.1) is 23.6 Å². The summed E-state index contributed by atoms with van der Waals surface area (Å²) in [7, 11) is 0. The molecule has 2 aliphatic carbocycles. The van der Waals surface area contributed by atoms with Gasteiger partial charge in [0.15, 0.2) is 0 Å². The van der Waals surface area contributed by atoms with Gasteiger partial charge in [-0.3, -0.25) is 0 Å². The summed E-state index contributed by atoms with van der Waals surface area (Å²) in [5, 5.41) is 0.770. The van der Waals surface area contributed by atoms with Crippen LogP contribution in [0.15, 0.2) is 30.3 Å². The Labute approximate surface area is 194 Å². The second kappa shape index (κ2) is 10.7. The SMILES string of the molecule is CCCCCCCC1CCC2CC(c3ccc4c(OC(F)(F)F)cc(F)cc4c3)CCC2C1. The van der Waals surface area contributed by atoms with Crippen molar-refractivity contribution in [2.45, 2.75) is 96.3 Å². The van der Waals surface area contributed by atoms with Crippen LogP contribution in [0.2, 0.25) is 0 Å². The molecule has 182 valence electrons. The molecule has 0 heterocycles. The molecule has 5 heteroatoms. The highest BCUT2D eigenvalue weighted by Crippen LogP contribution is 2.49. The quantitative estimate of drug-likeness (QED) is 0.279. The van der Waals surface area contributed by atoms with E-state index in [0.717, 1.165) is 42.2 Å². The van der Waals surface area contributed by atoms with E-state index < -0.39 is 17.9 Å². The highest BCUT2D eigenvalue weighted by molar-refractivity contribution is 5.89. The minimum Gasteiger partial charge on any atom is -0.405 e. The van der Waals surface area contributed by atoms with E-state index >= 15 is 0 Å². The number of hydrogen-bond acceptors (Lipinski definition) is 1. The predicted molar refractivity (Wildman–Crippen MR) is 125 cm³/mol. The Morgan fingerprint density at radius 1 is 0.879 bits per heavy atom. The molecular weight excluding hydrogens is 428 g/mol. The number of alkyl halides is 3. The maximum atomic E-state index is 14.0. The van der Waals surface area contributed by atoms with Gasteiger partial charge in [-0.15, -0.1) is 13.2 Å². The molecule has 0 aromatic heterocycles. The van der Waals surface area contributed by atoms with Gasteiger partial charge in [0.2, 0.25) is 0 Å².